The number of carbonyl (C=O) groups is 1. The highest BCUT2D eigenvalue weighted by Gasteiger charge is 2.10. The third kappa shape index (κ3) is 2.38. The molecule has 0 radical (unpaired) electrons. The smallest absolute Gasteiger partial charge is 0.272 e. The molecule has 0 aliphatic heterocycles. The number of hydrogen-bond donors (Lipinski definition) is 2. The van der Waals surface area contributed by atoms with Gasteiger partial charge in [-0.05, 0) is 24.3 Å². The molecule has 0 spiro atoms. The maximum atomic E-state index is 13.0. The predicted molar refractivity (Wildman–Crippen MR) is 72.6 cm³/mol. The third-order valence-electron chi connectivity index (χ3n) is 2.90. The van der Waals surface area contributed by atoms with Gasteiger partial charge in [0.15, 0.2) is 0 Å². The van der Waals surface area contributed by atoms with E-state index in [2.05, 4.69) is 10.3 Å². The number of aromatic nitrogens is 1. The summed E-state index contributed by atoms with van der Waals surface area (Å²) in [6.07, 6.45) is 0. The Morgan fingerprint density at radius 2 is 1.70 bits per heavy atom. The second-order valence-corrected chi connectivity index (χ2v) is 4.38. The first-order valence-electron chi connectivity index (χ1n) is 5.97. The van der Waals surface area contributed by atoms with E-state index in [4.69, 9.17) is 0 Å². The van der Waals surface area contributed by atoms with Gasteiger partial charge in [-0.15, -0.1) is 0 Å². The second kappa shape index (κ2) is 4.77. The van der Waals surface area contributed by atoms with E-state index in [0.717, 1.165) is 29.1 Å². The summed E-state index contributed by atoms with van der Waals surface area (Å²) in [7, 11) is 0. The number of aromatic amines is 1. The van der Waals surface area contributed by atoms with Gasteiger partial charge in [-0.2, -0.15) is 0 Å². The van der Waals surface area contributed by atoms with Gasteiger partial charge in [0.25, 0.3) is 5.91 Å². The van der Waals surface area contributed by atoms with Crippen molar-refractivity contribution < 1.29 is 13.6 Å². The lowest BCUT2D eigenvalue weighted by Crippen LogP contribution is -2.12. The Labute approximate surface area is 113 Å². The molecule has 2 aromatic carbocycles. The summed E-state index contributed by atoms with van der Waals surface area (Å²) >= 11 is 0. The molecule has 0 atom stereocenters. The molecule has 0 unspecified atom stereocenters. The summed E-state index contributed by atoms with van der Waals surface area (Å²) in [5, 5.41) is 3.34. The van der Waals surface area contributed by atoms with Crippen molar-refractivity contribution in [3.05, 3.63) is 65.9 Å². The van der Waals surface area contributed by atoms with Gasteiger partial charge >= 0.3 is 0 Å². The lowest BCUT2D eigenvalue weighted by atomic mass is 10.2. The van der Waals surface area contributed by atoms with E-state index < -0.39 is 17.5 Å². The maximum absolute atomic E-state index is 13.0. The Morgan fingerprint density at radius 3 is 2.40 bits per heavy atom. The van der Waals surface area contributed by atoms with Crippen molar-refractivity contribution in [3.63, 3.8) is 0 Å². The number of benzene rings is 2. The average Bonchev–Trinajstić information content (AvgIpc) is 2.81. The van der Waals surface area contributed by atoms with Crippen molar-refractivity contribution in [1.29, 1.82) is 0 Å². The van der Waals surface area contributed by atoms with Crippen LogP contribution in [0.2, 0.25) is 0 Å². The second-order valence-electron chi connectivity index (χ2n) is 4.38. The van der Waals surface area contributed by atoms with E-state index in [1.54, 1.807) is 6.07 Å². The molecular formula is C15H10F2N2O. The number of halogens is 2. The molecule has 0 aliphatic rings. The highest BCUT2D eigenvalue weighted by atomic mass is 19.1. The predicted octanol–water partition coefficient (Wildman–Crippen LogP) is 3.70. The number of anilines is 1. The summed E-state index contributed by atoms with van der Waals surface area (Å²) in [4.78, 5) is 15.0. The number of hydrogen-bond acceptors (Lipinski definition) is 1. The number of fused-ring (bicyclic) bond motifs is 1. The van der Waals surface area contributed by atoms with Crippen LogP contribution in [0.15, 0.2) is 48.5 Å². The van der Waals surface area contributed by atoms with Crippen LogP contribution in [0.3, 0.4) is 0 Å². The highest BCUT2D eigenvalue weighted by molar-refractivity contribution is 6.05. The molecule has 3 aromatic rings. The van der Waals surface area contributed by atoms with Crippen LogP contribution < -0.4 is 5.32 Å². The Bertz CT molecular complexity index is 742. The maximum Gasteiger partial charge on any atom is 0.272 e. The SMILES string of the molecule is O=C(Nc1cc(F)cc(F)c1)c1cc2ccccc2[nH]1. The number of amides is 1. The van der Waals surface area contributed by atoms with Crippen molar-refractivity contribution in [2.24, 2.45) is 0 Å². The topological polar surface area (TPSA) is 44.9 Å². The van der Waals surface area contributed by atoms with E-state index in [1.807, 2.05) is 24.3 Å². The number of H-pyrrole nitrogens is 1. The number of para-hydroxylation sites is 1. The van der Waals surface area contributed by atoms with Crippen molar-refractivity contribution in [2.75, 3.05) is 5.32 Å². The zero-order valence-electron chi connectivity index (χ0n) is 10.3. The van der Waals surface area contributed by atoms with E-state index in [0.29, 0.717) is 5.69 Å². The number of rotatable bonds is 2. The van der Waals surface area contributed by atoms with Gasteiger partial charge in [0.2, 0.25) is 0 Å². The largest absolute Gasteiger partial charge is 0.351 e. The fourth-order valence-electron chi connectivity index (χ4n) is 2.02. The first-order valence-corrected chi connectivity index (χ1v) is 5.97. The first-order chi connectivity index (χ1) is 9.61. The molecule has 20 heavy (non-hydrogen) atoms. The molecule has 0 bridgehead atoms. The van der Waals surface area contributed by atoms with Crippen molar-refractivity contribution in [3.8, 4) is 0 Å². The molecule has 1 heterocycles. The normalized spacial score (nSPS) is 10.7. The van der Waals surface area contributed by atoms with Gasteiger partial charge in [-0.25, -0.2) is 8.78 Å². The van der Waals surface area contributed by atoms with Crippen LogP contribution in [0.5, 0.6) is 0 Å². The molecule has 3 rings (SSSR count). The van der Waals surface area contributed by atoms with Crippen LogP contribution >= 0.6 is 0 Å². The Morgan fingerprint density at radius 1 is 1.00 bits per heavy atom. The van der Waals surface area contributed by atoms with Crippen LogP contribution in [0, 0.1) is 11.6 Å². The van der Waals surface area contributed by atoms with Crippen LogP contribution in [0.25, 0.3) is 10.9 Å². The summed E-state index contributed by atoms with van der Waals surface area (Å²) in [5.74, 6) is -1.93. The molecule has 1 aromatic heterocycles. The Balaban J connectivity index is 1.88. The Kier molecular flexibility index (Phi) is 2.95. The van der Waals surface area contributed by atoms with Gasteiger partial charge in [0.05, 0.1) is 0 Å². The molecule has 5 heteroatoms. The lowest BCUT2D eigenvalue weighted by Gasteiger charge is -2.04. The Hall–Kier alpha value is -2.69. The molecule has 100 valence electrons. The number of nitrogens with one attached hydrogen (secondary N) is 2. The molecule has 3 nitrogen and oxygen atoms in total. The number of carbonyl (C=O) groups excluding carboxylic acids is 1. The minimum absolute atomic E-state index is 0.0751. The van der Waals surface area contributed by atoms with Crippen molar-refractivity contribution in [2.45, 2.75) is 0 Å². The van der Waals surface area contributed by atoms with Crippen LogP contribution in [0.1, 0.15) is 10.5 Å². The lowest BCUT2D eigenvalue weighted by molar-refractivity contribution is 0.102. The van der Waals surface area contributed by atoms with Gasteiger partial charge in [-0.3, -0.25) is 4.79 Å². The molecule has 1 amide bonds. The van der Waals surface area contributed by atoms with Crippen LogP contribution in [0.4, 0.5) is 14.5 Å². The van der Waals surface area contributed by atoms with E-state index in [-0.39, 0.29) is 5.69 Å². The third-order valence-corrected chi connectivity index (χ3v) is 2.90. The van der Waals surface area contributed by atoms with E-state index in [9.17, 15) is 13.6 Å². The zero-order valence-corrected chi connectivity index (χ0v) is 10.3. The van der Waals surface area contributed by atoms with Gasteiger partial charge in [0, 0.05) is 22.7 Å². The van der Waals surface area contributed by atoms with Gasteiger partial charge < -0.3 is 10.3 Å². The summed E-state index contributed by atoms with van der Waals surface area (Å²) in [6, 6.07) is 12.0. The zero-order chi connectivity index (χ0) is 14.1. The highest BCUT2D eigenvalue weighted by Crippen LogP contribution is 2.17. The molecular weight excluding hydrogens is 262 g/mol. The molecule has 0 saturated heterocycles. The van der Waals surface area contributed by atoms with Gasteiger partial charge in [0.1, 0.15) is 17.3 Å². The minimum atomic E-state index is -0.739. The minimum Gasteiger partial charge on any atom is -0.351 e. The van der Waals surface area contributed by atoms with Crippen molar-refractivity contribution >= 4 is 22.5 Å². The monoisotopic (exact) mass is 272 g/mol. The average molecular weight is 272 g/mol. The first kappa shape index (κ1) is 12.3. The van der Waals surface area contributed by atoms with Crippen LogP contribution in [-0.4, -0.2) is 10.9 Å². The fraction of sp³-hybridized carbons (Fsp3) is 0. The summed E-state index contributed by atoms with van der Waals surface area (Å²) in [6.45, 7) is 0. The van der Waals surface area contributed by atoms with E-state index >= 15 is 0 Å². The molecule has 2 N–H and O–H groups in total. The fourth-order valence-corrected chi connectivity index (χ4v) is 2.02. The summed E-state index contributed by atoms with van der Waals surface area (Å²) in [5.41, 5.74) is 1.23. The standard InChI is InChI=1S/C15H10F2N2O/c16-10-6-11(17)8-12(7-10)18-15(20)14-5-9-3-1-2-4-13(9)19-14/h1-8,19H,(H,18,20). The van der Waals surface area contributed by atoms with Crippen molar-refractivity contribution in [1.82, 2.24) is 4.98 Å². The van der Waals surface area contributed by atoms with E-state index in [1.165, 1.54) is 0 Å². The van der Waals surface area contributed by atoms with Crippen LogP contribution in [-0.2, 0) is 0 Å². The quantitative estimate of drug-likeness (QED) is 0.734. The molecule has 0 saturated carbocycles. The van der Waals surface area contributed by atoms with Gasteiger partial charge in [-0.1, -0.05) is 18.2 Å². The molecule has 0 aliphatic carbocycles. The molecule has 0 fully saturated rings. The summed E-state index contributed by atoms with van der Waals surface area (Å²) < 4.78 is 26.1.